The normalized spacial score (nSPS) is 12.7. The number of hydrogen-bond donors (Lipinski definition) is 1. The van der Waals surface area contributed by atoms with E-state index in [0.717, 1.165) is 17.5 Å². The quantitative estimate of drug-likeness (QED) is 0.591. The van der Waals surface area contributed by atoms with Gasteiger partial charge in [-0.3, -0.25) is 0 Å². The molecule has 1 aromatic heterocycles. The van der Waals surface area contributed by atoms with E-state index in [4.69, 9.17) is 0 Å². The number of nitrogens with zero attached hydrogens (tertiary/aromatic N) is 3. The topological polar surface area (TPSA) is 95.7 Å². The highest BCUT2D eigenvalue weighted by Gasteiger charge is 2.33. The lowest BCUT2D eigenvalue weighted by atomic mass is 10.1. The Hall–Kier alpha value is -2.98. The highest BCUT2D eigenvalue weighted by molar-refractivity contribution is 7.92. The van der Waals surface area contributed by atoms with Crippen LogP contribution in [0.2, 0.25) is 0 Å². The molecule has 7 heteroatoms. The maximum atomic E-state index is 13.4. The smallest absolute Gasteiger partial charge is 0.200 e. The Morgan fingerprint density at radius 2 is 1.70 bits per heavy atom. The summed E-state index contributed by atoms with van der Waals surface area (Å²) in [5.74, 6) is 0.814. The highest BCUT2D eigenvalue weighted by Crippen LogP contribution is 2.33. The molecule has 0 bridgehead atoms. The summed E-state index contributed by atoms with van der Waals surface area (Å²) < 4.78 is 26.8. The fraction of sp³-hybridized carbons (Fsp3) is 0.348. The van der Waals surface area contributed by atoms with Crippen molar-refractivity contribution in [3.8, 4) is 6.07 Å². The van der Waals surface area contributed by atoms with Gasteiger partial charge in [-0.25, -0.2) is 18.4 Å². The molecule has 0 spiro atoms. The van der Waals surface area contributed by atoms with Gasteiger partial charge in [-0.1, -0.05) is 32.0 Å². The summed E-state index contributed by atoms with van der Waals surface area (Å²) in [5, 5.41) is 11.6. The maximum absolute atomic E-state index is 13.4. The van der Waals surface area contributed by atoms with Crippen molar-refractivity contribution in [1.82, 2.24) is 9.97 Å². The molecule has 0 saturated heterocycles. The van der Waals surface area contributed by atoms with E-state index < -0.39 is 15.1 Å². The lowest BCUT2D eigenvalue weighted by Gasteiger charge is -2.17. The molecule has 1 atom stereocenters. The zero-order valence-corrected chi connectivity index (χ0v) is 18.5. The maximum Gasteiger partial charge on any atom is 0.200 e. The van der Waals surface area contributed by atoms with Gasteiger partial charge in [-0.2, -0.15) is 5.26 Å². The molecule has 0 aliphatic rings. The molecular weight excluding hydrogens is 396 g/mol. The predicted octanol–water partition coefficient (Wildman–Crippen LogP) is 4.74. The number of para-hydroxylation sites is 2. The van der Waals surface area contributed by atoms with E-state index in [1.54, 1.807) is 24.3 Å². The number of sulfone groups is 1. The van der Waals surface area contributed by atoms with Gasteiger partial charge in [0.05, 0.1) is 22.0 Å². The van der Waals surface area contributed by atoms with Crippen molar-refractivity contribution in [3.63, 3.8) is 0 Å². The summed E-state index contributed by atoms with van der Waals surface area (Å²) in [6, 6.07) is 14.1. The average Bonchev–Trinajstić information content (AvgIpc) is 2.70. The van der Waals surface area contributed by atoms with E-state index in [0.29, 0.717) is 29.3 Å². The van der Waals surface area contributed by atoms with Crippen LogP contribution in [-0.4, -0.2) is 24.9 Å². The first-order chi connectivity index (χ1) is 14.2. The van der Waals surface area contributed by atoms with Gasteiger partial charge in [0.15, 0.2) is 11.1 Å². The summed E-state index contributed by atoms with van der Waals surface area (Å²) in [6.07, 6.45) is 0.884. The van der Waals surface area contributed by atoms with Crippen molar-refractivity contribution in [3.05, 3.63) is 59.3 Å². The number of hydrogen-bond acceptors (Lipinski definition) is 6. The molecular formula is C23H26N4O2S. The van der Waals surface area contributed by atoms with Gasteiger partial charge in [0.25, 0.3) is 0 Å². The molecule has 30 heavy (non-hydrogen) atoms. The second-order valence-electron chi connectivity index (χ2n) is 7.86. The minimum Gasteiger partial charge on any atom is -0.368 e. The SMILES string of the molecule is Cc1ccc(S(=O)(=O)[C@H](C#N)c2nc3ccccc3nc2NCCC(C)C)cc1C. The minimum absolute atomic E-state index is 0.111. The fourth-order valence-corrected chi connectivity index (χ4v) is 4.58. The molecule has 0 amide bonds. The molecule has 2 aromatic carbocycles. The predicted molar refractivity (Wildman–Crippen MR) is 119 cm³/mol. The van der Waals surface area contributed by atoms with Gasteiger partial charge in [0.2, 0.25) is 9.84 Å². The number of benzene rings is 2. The first-order valence-electron chi connectivity index (χ1n) is 9.95. The van der Waals surface area contributed by atoms with Gasteiger partial charge in [0, 0.05) is 6.54 Å². The largest absolute Gasteiger partial charge is 0.368 e. The number of fused-ring (bicyclic) bond motifs is 1. The van der Waals surface area contributed by atoms with Crippen LogP contribution in [0.3, 0.4) is 0 Å². The van der Waals surface area contributed by atoms with Crippen molar-refractivity contribution < 1.29 is 8.42 Å². The number of aromatic nitrogens is 2. The van der Waals surface area contributed by atoms with Crippen LogP contribution in [0.1, 0.15) is 42.3 Å². The molecule has 3 aromatic rings. The second-order valence-corrected chi connectivity index (χ2v) is 9.89. The molecule has 0 radical (unpaired) electrons. The van der Waals surface area contributed by atoms with E-state index in [1.807, 2.05) is 38.1 Å². The molecule has 1 heterocycles. The van der Waals surface area contributed by atoms with Crippen LogP contribution >= 0.6 is 0 Å². The third kappa shape index (κ3) is 4.44. The van der Waals surface area contributed by atoms with Gasteiger partial charge in [0.1, 0.15) is 5.69 Å². The summed E-state index contributed by atoms with van der Waals surface area (Å²) >= 11 is 0. The molecule has 0 fully saturated rings. The van der Waals surface area contributed by atoms with Crippen LogP contribution in [0, 0.1) is 31.1 Å². The Balaban J connectivity index is 2.13. The van der Waals surface area contributed by atoms with Crippen LogP contribution in [0.4, 0.5) is 5.82 Å². The zero-order chi connectivity index (χ0) is 21.9. The summed E-state index contributed by atoms with van der Waals surface area (Å²) in [6.45, 7) is 8.59. The molecule has 0 aliphatic carbocycles. The summed E-state index contributed by atoms with van der Waals surface area (Å²) in [7, 11) is -3.98. The fourth-order valence-electron chi connectivity index (χ4n) is 3.11. The minimum atomic E-state index is -3.98. The van der Waals surface area contributed by atoms with Crippen LogP contribution in [0.25, 0.3) is 11.0 Å². The van der Waals surface area contributed by atoms with Crippen molar-refractivity contribution in [2.24, 2.45) is 5.92 Å². The zero-order valence-electron chi connectivity index (χ0n) is 17.7. The average molecular weight is 423 g/mol. The Labute approximate surface area is 177 Å². The van der Waals surface area contributed by atoms with Crippen LogP contribution in [0.15, 0.2) is 47.4 Å². The summed E-state index contributed by atoms with van der Waals surface area (Å²) in [5.41, 5.74) is 3.18. The van der Waals surface area contributed by atoms with E-state index >= 15 is 0 Å². The third-order valence-electron chi connectivity index (χ3n) is 5.09. The number of rotatable bonds is 7. The molecule has 1 N–H and O–H groups in total. The second kappa shape index (κ2) is 8.80. The Morgan fingerprint density at radius 1 is 1.03 bits per heavy atom. The Morgan fingerprint density at radius 3 is 2.30 bits per heavy atom. The molecule has 0 saturated carbocycles. The van der Waals surface area contributed by atoms with Gasteiger partial charge >= 0.3 is 0 Å². The van der Waals surface area contributed by atoms with Crippen molar-refractivity contribution in [2.75, 3.05) is 11.9 Å². The van der Waals surface area contributed by atoms with E-state index in [2.05, 4.69) is 29.1 Å². The summed E-state index contributed by atoms with van der Waals surface area (Å²) in [4.78, 5) is 9.25. The van der Waals surface area contributed by atoms with Crippen molar-refractivity contribution in [2.45, 2.75) is 44.3 Å². The molecule has 6 nitrogen and oxygen atoms in total. The van der Waals surface area contributed by atoms with Gasteiger partial charge in [-0.05, 0) is 61.6 Å². The van der Waals surface area contributed by atoms with E-state index in [-0.39, 0.29) is 10.6 Å². The number of nitrogens with one attached hydrogen (secondary N) is 1. The lowest BCUT2D eigenvalue weighted by Crippen LogP contribution is -2.18. The van der Waals surface area contributed by atoms with Gasteiger partial charge < -0.3 is 5.32 Å². The van der Waals surface area contributed by atoms with E-state index in [9.17, 15) is 13.7 Å². The lowest BCUT2D eigenvalue weighted by molar-refractivity contribution is 0.589. The molecule has 0 unspecified atom stereocenters. The standard InChI is InChI=1S/C23H26N4O2S/c1-15(2)11-12-25-23-22(26-19-7-5-6-8-20(19)27-23)21(14-24)30(28,29)18-10-9-16(3)17(4)13-18/h5-10,13,15,21H,11-12H2,1-4H3,(H,25,27)/t21-/m1/s1. The van der Waals surface area contributed by atoms with Crippen molar-refractivity contribution >= 4 is 26.7 Å². The first-order valence-corrected chi connectivity index (χ1v) is 11.5. The van der Waals surface area contributed by atoms with Gasteiger partial charge in [-0.15, -0.1) is 0 Å². The monoisotopic (exact) mass is 422 g/mol. The van der Waals surface area contributed by atoms with E-state index in [1.165, 1.54) is 0 Å². The van der Waals surface area contributed by atoms with Crippen LogP contribution in [-0.2, 0) is 9.84 Å². The number of aryl methyl sites for hydroxylation is 2. The van der Waals surface area contributed by atoms with Crippen LogP contribution < -0.4 is 5.32 Å². The Kier molecular flexibility index (Phi) is 6.37. The Bertz CT molecular complexity index is 1210. The molecule has 156 valence electrons. The third-order valence-corrected chi connectivity index (χ3v) is 6.95. The highest BCUT2D eigenvalue weighted by atomic mass is 32.2. The van der Waals surface area contributed by atoms with Crippen molar-refractivity contribution in [1.29, 1.82) is 5.26 Å². The first kappa shape index (κ1) is 21.7. The number of nitriles is 1. The van der Waals surface area contributed by atoms with Crippen LogP contribution in [0.5, 0.6) is 0 Å². The number of anilines is 1. The molecule has 0 aliphatic heterocycles. The molecule has 3 rings (SSSR count).